The normalized spacial score (nSPS) is 13.9. The van der Waals surface area contributed by atoms with E-state index in [1.165, 1.54) is 12.3 Å². The monoisotopic (exact) mass is 720 g/mol. The Labute approximate surface area is 288 Å². The number of halogens is 4. The van der Waals surface area contributed by atoms with Crippen molar-refractivity contribution in [2.24, 2.45) is 0 Å². The summed E-state index contributed by atoms with van der Waals surface area (Å²) in [6.07, 6.45) is -1.81. The molecule has 16 heteroatoms. The number of sulfonamides is 1. The van der Waals surface area contributed by atoms with Crippen LogP contribution >= 0.6 is 12.4 Å². The van der Waals surface area contributed by atoms with E-state index in [2.05, 4.69) is 19.9 Å². The Balaban J connectivity index is 0.00000541. The summed E-state index contributed by atoms with van der Waals surface area (Å²) < 4.78 is 78.2. The minimum absolute atomic E-state index is 0. The second-order valence-corrected chi connectivity index (χ2v) is 13.3. The maximum Gasteiger partial charge on any atom is 0.435 e. The molecular formula is C33H36ClF3N6O5S. The number of pyridine rings is 1. The molecular weight excluding hydrogens is 685 g/mol. The first kappa shape index (κ1) is 37.4. The lowest BCUT2D eigenvalue weighted by Crippen LogP contribution is -2.38. The van der Waals surface area contributed by atoms with Gasteiger partial charge in [0, 0.05) is 31.9 Å². The molecule has 4 aromatic rings. The van der Waals surface area contributed by atoms with Crippen LogP contribution in [0.1, 0.15) is 45.9 Å². The summed E-state index contributed by atoms with van der Waals surface area (Å²) in [5, 5.41) is 6.65. The third kappa shape index (κ3) is 10.5. The molecule has 0 aliphatic carbocycles. The first-order chi connectivity index (χ1) is 22.9. The highest BCUT2D eigenvalue weighted by Gasteiger charge is 2.33. The van der Waals surface area contributed by atoms with Crippen molar-refractivity contribution in [3.8, 4) is 17.5 Å². The van der Waals surface area contributed by atoms with E-state index in [0.717, 1.165) is 17.7 Å². The third-order valence-electron chi connectivity index (χ3n) is 7.63. The highest BCUT2D eigenvalue weighted by atomic mass is 35.5. The number of alkyl halides is 3. The lowest BCUT2D eigenvalue weighted by Gasteiger charge is -2.32. The lowest BCUT2D eigenvalue weighted by molar-refractivity contribution is -0.141. The molecule has 49 heavy (non-hydrogen) atoms. The summed E-state index contributed by atoms with van der Waals surface area (Å²) in [7, 11) is -0.0744. The van der Waals surface area contributed by atoms with E-state index in [1.807, 2.05) is 31.1 Å². The molecule has 0 unspecified atom stereocenters. The Hall–Kier alpha value is -4.47. The van der Waals surface area contributed by atoms with Gasteiger partial charge in [0.25, 0.3) is 5.91 Å². The summed E-state index contributed by atoms with van der Waals surface area (Å²) in [5.74, 6) is 0.0641. The zero-order valence-electron chi connectivity index (χ0n) is 26.8. The first-order valence-corrected chi connectivity index (χ1v) is 16.8. The van der Waals surface area contributed by atoms with Gasteiger partial charge in [0.15, 0.2) is 5.69 Å². The van der Waals surface area contributed by atoms with Gasteiger partial charge in [-0.3, -0.25) is 9.52 Å². The number of carbonyl (C=O) groups excluding carboxylic acids is 1. The van der Waals surface area contributed by atoms with Gasteiger partial charge in [-0.2, -0.15) is 13.2 Å². The number of benzene rings is 2. The molecule has 1 aliphatic rings. The van der Waals surface area contributed by atoms with Gasteiger partial charge in [-0.25, -0.2) is 13.4 Å². The number of ether oxygens (including phenoxy) is 2. The maximum atomic E-state index is 13.5. The molecule has 0 atom stereocenters. The quantitative estimate of drug-likeness (QED) is 0.187. The number of anilines is 1. The van der Waals surface area contributed by atoms with Gasteiger partial charge in [-0.05, 0) is 68.2 Å². The van der Waals surface area contributed by atoms with Crippen molar-refractivity contribution in [3.05, 3.63) is 101 Å². The fourth-order valence-electron chi connectivity index (χ4n) is 5.13. The van der Waals surface area contributed by atoms with Crippen LogP contribution in [0.2, 0.25) is 0 Å². The van der Waals surface area contributed by atoms with Crippen LogP contribution in [0, 0.1) is 0 Å². The van der Waals surface area contributed by atoms with Crippen LogP contribution in [0.25, 0.3) is 0 Å². The first-order valence-electron chi connectivity index (χ1n) is 15.2. The van der Waals surface area contributed by atoms with Crippen molar-refractivity contribution in [2.75, 3.05) is 45.1 Å². The number of hydrogen-bond acceptors (Lipinski definition) is 9. The summed E-state index contributed by atoms with van der Waals surface area (Å²) >= 11 is 0. The average molecular weight is 721 g/mol. The van der Waals surface area contributed by atoms with Crippen molar-refractivity contribution in [2.45, 2.75) is 30.7 Å². The van der Waals surface area contributed by atoms with Gasteiger partial charge >= 0.3 is 6.18 Å². The molecule has 0 saturated carbocycles. The van der Waals surface area contributed by atoms with Gasteiger partial charge in [-0.15, -0.1) is 22.6 Å². The maximum absolute atomic E-state index is 13.5. The SMILES string of the molecule is CN(C)CCOc1ncc(C(=O)N2CCC(c3ccc(Oc4ccc(C(F)(F)F)nn4)cc3)CC2)cc1NS(=O)(=O)Cc1ccccc1.Cl. The number of aromatic nitrogens is 3. The topological polar surface area (TPSA) is 127 Å². The van der Waals surface area contributed by atoms with E-state index in [1.54, 1.807) is 47.4 Å². The molecule has 1 amide bonds. The van der Waals surface area contributed by atoms with Crippen molar-refractivity contribution in [3.63, 3.8) is 0 Å². The Morgan fingerprint density at radius 2 is 1.69 bits per heavy atom. The summed E-state index contributed by atoms with van der Waals surface area (Å²) in [6, 6.07) is 19.3. The Bertz CT molecular complexity index is 1790. The smallest absolute Gasteiger partial charge is 0.435 e. The van der Waals surface area contributed by atoms with E-state index in [-0.39, 0.29) is 59.6 Å². The molecule has 262 valence electrons. The molecule has 0 bridgehead atoms. The van der Waals surface area contributed by atoms with Gasteiger partial charge in [0.1, 0.15) is 18.0 Å². The summed E-state index contributed by atoms with van der Waals surface area (Å²) in [4.78, 5) is 21.5. The van der Waals surface area contributed by atoms with Crippen LogP contribution in [0.5, 0.6) is 17.5 Å². The molecule has 5 rings (SSSR count). The number of rotatable bonds is 12. The minimum Gasteiger partial charge on any atom is -0.475 e. The number of carbonyl (C=O) groups is 1. The van der Waals surface area contributed by atoms with Crippen LogP contribution < -0.4 is 14.2 Å². The fraction of sp³-hybridized carbons (Fsp3) is 0.333. The predicted octanol–water partition coefficient (Wildman–Crippen LogP) is 6.01. The van der Waals surface area contributed by atoms with Crippen molar-refractivity contribution in [1.29, 1.82) is 0 Å². The number of nitrogens with zero attached hydrogens (tertiary/aromatic N) is 5. The van der Waals surface area contributed by atoms with Gasteiger partial charge < -0.3 is 19.3 Å². The Morgan fingerprint density at radius 1 is 1.00 bits per heavy atom. The molecule has 3 heterocycles. The van der Waals surface area contributed by atoms with Crippen LogP contribution in [-0.2, 0) is 22.0 Å². The van der Waals surface area contributed by atoms with Gasteiger partial charge in [0.2, 0.25) is 21.8 Å². The molecule has 1 fully saturated rings. The van der Waals surface area contributed by atoms with Crippen LogP contribution in [-0.4, -0.2) is 79.6 Å². The molecule has 2 aromatic carbocycles. The van der Waals surface area contributed by atoms with Crippen LogP contribution in [0.4, 0.5) is 18.9 Å². The van der Waals surface area contributed by atoms with E-state index >= 15 is 0 Å². The van der Waals surface area contributed by atoms with Crippen molar-refractivity contribution >= 4 is 34.0 Å². The second kappa shape index (κ2) is 16.3. The predicted molar refractivity (Wildman–Crippen MR) is 180 cm³/mol. The summed E-state index contributed by atoms with van der Waals surface area (Å²) in [6.45, 7) is 1.79. The molecule has 1 N–H and O–H groups in total. The number of amides is 1. The molecule has 1 saturated heterocycles. The number of likely N-dealkylation sites (N-methyl/N-ethyl adjacent to an activating group) is 1. The number of piperidine rings is 1. The van der Waals surface area contributed by atoms with Gasteiger partial charge in [0.05, 0.1) is 11.3 Å². The standard InChI is InChI=1S/C33H35F3N6O5S.ClH/c1-41(2)18-19-46-31-28(40-48(44,45)22-23-6-4-3-5-7-23)20-26(21-37-31)32(43)42-16-14-25(15-17-42)24-8-10-27(11-9-24)47-30-13-12-29(38-39-30)33(34,35)36;/h3-13,20-21,25,40H,14-19,22H2,1-2H3;1H. The molecule has 11 nitrogen and oxygen atoms in total. The van der Waals surface area contributed by atoms with E-state index in [0.29, 0.717) is 43.8 Å². The van der Waals surface area contributed by atoms with E-state index in [4.69, 9.17) is 9.47 Å². The molecule has 1 aliphatic heterocycles. The number of nitrogens with one attached hydrogen (secondary N) is 1. The van der Waals surface area contributed by atoms with Crippen molar-refractivity contribution < 1.29 is 35.9 Å². The van der Waals surface area contributed by atoms with Crippen LogP contribution in [0.15, 0.2) is 79.0 Å². The Kier molecular flexibility index (Phi) is 12.4. The van der Waals surface area contributed by atoms with Gasteiger partial charge in [-0.1, -0.05) is 42.5 Å². The zero-order valence-corrected chi connectivity index (χ0v) is 28.4. The third-order valence-corrected chi connectivity index (χ3v) is 8.87. The average Bonchev–Trinajstić information content (AvgIpc) is 3.05. The molecule has 0 radical (unpaired) electrons. The zero-order chi connectivity index (χ0) is 34.3. The van der Waals surface area contributed by atoms with Crippen molar-refractivity contribution in [1.82, 2.24) is 25.0 Å². The summed E-state index contributed by atoms with van der Waals surface area (Å²) in [5.41, 5.74) is 0.869. The molecule has 0 spiro atoms. The van der Waals surface area contributed by atoms with E-state index < -0.39 is 21.9 Å². The lowest BCUT2D eigenvalue weighted by atomic mass is 9.89. The number of hydrogen-bond donors (Lipinski definition) is 1. The molecule has 2 aromatic heterocycles. The Morgan fingerprint density at radius 3 is 2.31 bits per heavy atom. The van der Waals surface area contributed by atoms with E-state index in [9.17, 15) is 26.4 Å². The van der Waals surface area contributed by atoms with Crippen LogP contribution in [0.3, 0.4) is 0 Å². The highest BCUT2D eigenvalue weighted by Crippen LogP contribution is 2.32. The minimum atomic E-state index is -4.58. The largest absolute Gasteiger partial charge is 0.475 e. The number of likely N-dealkylation sites (tertiary alicyclic amines) is 1. The fourth-order valence-corrected chi connectivity index (χ4v) is 6.32. The second-order valence-electron chi connectivity index (χ2n) is 11.6. The highest BCUT2D eigenvalue weighted by molar-refractivity contribution is 7.91.